The van der Waals surface area contributed by atoms with Gasteiger partial charge in [0.15, 0.2) is 5.76 Å². The Hall–Kier alpha value is -3.31. The minimum Gasteiger partial charge on any atom is -0.478 e. The lowest BCUT2D eigenvalue weighted by atomic mass is 10.1. The number of furan rings is 1. The SMILES string of the molecule is COCCc1cccc2cc(-c3ccc(-c4ccc(C(=O)O)cc4)[nH]3)oc12. The maximum atomic E-state index is 11.0. The lowest BCUT2D eigenvalue weighted by Gasteiger charge is -2.01. The third-order valence-corrected chi connectivity index (χ3v) is 4.60. The van der Waals surface area contributed by atoms with E-state index in [1.807, 2.05) is 30.3 Å². The van der Waals surface area contributed by atoms with Crippen molar-refractivity contribution in [2.75, 3.05) is 13.7 Å². The Labute approximate surface area is 156 Å². The lowest BCUT2D eigenvalue weighted by Crippen LogP contribution is -1.94. The van der Waals surface area contributed by atoms with E-state index < -0.39 is 5.97 Å². The number of benzene rings is 2. The van der Waals surface area contributed by atoms with Crippen LogP contribution < -0.4 is 0 Å². The number of para-hydroxylation sites is 1. The van der Waals surface area contributed by atoms with Crippen molar-refractivity contribution in [1.29, 1.82) is 0 Å². The van der Waals surface area contributed by atoms with E-state index in [2.05, 4.69) is 11.1 Å². The third-order valence-electron chi connectivity index (χ3n) is 4.60. The second kappa shape index (κ2) is 7.13. The number of carbonyl (C=O) groups is 1. The number of methoxy groups -OCH3 is 1. The van der Waals surface area contributed by atoms with Crippen LogP contribution in [0.5, 0.6) is 0 Å². The van der Waals surface area contributed by atoms with Gasteiger partial charge in [0, 0.05) is 18.2 Å². The second-order valence-corrected chi connectivity index (χ2v) is 6.36. The van der Waals surface area contributed by atoms with Crippen molar-refractivity contribution in [3.05, 3.63) is 71.8 Å². The molecule has 0 aliphatic rings. The number of nitrogens with one attached hydrogen (secondary N) is 1. The number of ether oxygens (including phenoxy) is 1. The predicted molar refractivity (Wildman–Crippen MR) is 104 cm³/mol. The van der Waals surface area contributed by atoms with Crippen LogP contribution in [0.3, 0.4) is 0 Å². The van der Waals surface area contributed by atoms with Gasteiger partial charge in [0.1, 0.15) is 5.58 Å². The molecule has 4 rings (SSSR count). The highest BCUT2D eigenvalue weighted by Gasteiger charge is 2.12. The second-order valence-electron chi connectivity index (χ2n) is 6.36. The average molecular weight is 361 g/mol. The number of aromatic amines is 1. The van der Waals surface area contributed by atoms with Gasteiger partial charge in [-0.1, -0.05) is 30.3 Å². The van der Waals surface area contributed by atoms with Gasteiger partial charge in [0.25, 0.3) is 0 Å². The Balaban J connectivity index is 1.65. The molecule has 4 aromatic rings. The number of aromatic carboxylic acids is 1. The standard InChI is InChI=1S/C22H19NO4/c1-26-12-11-15-3-2-4-17-13-20(27-21(15)17)19-10-9-18(23-19)14-5-7-16(8-6-14)22(24)25/h2-10,13,23H,11-12H2,1H3,(H,24,25). The summed E-state index contributed by atoms with van der Waals surface area (Å²) in [5, 5.41) is 10.1. The number of hydrogen-bond acceptors (Lipinski definition) is 3. The molecule has 0 amide bonds. The molecular weight excluding hydrogens is 342 g/mol. The van der Waals surface area contributed by atoms with E-state index >= 15 is 0 Å². The summed E-state index contributed by atoms with van der Waals surface area (Å²) in [7, 11) is 1.69. The van der Waals surface area contributed by atoms with E-state index in [0.717, 1.165) is 45.7 Å². The number of carboxylic acids is 1. The van der Waals surface area contributed by atoms with Crippen LogP contribution in [0, 0.1) is 0 Å². The molecule has 0 saturated heterocycles. The van der Waals surface area contributed by atoms with E-state index in [4.69, 9.17) is 14.3 Å². The van der Waals surface area contributed by atoms with Crippen LogP contribution >= 0.6 is 0 Å². The van der Waals surface area contributed by atoms with Gasteiger partial charge in [-0.2, -0.15) is 0 Å². The van der Waals surface area contributed by atoms with Gasteiger partial charge in [0.2, 0.25) is 0 Å². The fourth-order valence-electron chi connectivity index (χ4n) is 3.16. The van der Waals surface area contributed by atoms with Crippen molar-refractivity contribution >= 4 is 16.9 Å². The first kappa shape index (κ1) is 17.1. The lowest BCUT2D eigenvalue weighted by molar-refractivity contribution is 0.0697. The van der Waals surface area contributed by atoms with Gasteiger partial charge >= 0.3 is 5.97 Å². The van der Waals surface area contributed by atoms with E-state index in [9.17, 15) is 4.79 Å². The summed E-state index contributed by atoms with van der Waals surface area (Å²) in [5.41, 5.74) is 4.97. The molecule has 5 heteroatoms. The highest BCUT2D eigenvalue weighted by Crippen LogP contribution is 2.31. The Bertz CT molecular complexity index is 1090. The summed E-state index contributed by atoms with van der Waals surface area (Å²) in [6.07, 6.45) is 0.798. The van der Waals surface area contributed by atoms with E-state index in [1.54, 1.807) is 31.4 Å². The molecule has 0 radical (unpaired) electrons. The summed E-state index contributed by atoms with van der Waals surface area (Å²) in [6.45, 7) is 0.647. The number of H-pyrrole nitrogens is 1. The summed E-state index contributed by atoms with van der Waals surface area (Å²) < 4.78 is 11.3. The van der Waals surface area contributed by atoms with Crippen LogP contribution in [0.15, 0.2) is 65.1 Å². The third kappa shape index (κ3) is 3.37. The Kier molecular flexibility index (Phi) is 4.52. The molecule has 0 bridgehead atoms. The normalized spacial score (nSPS) is 11.1. The summed E-state index contributed by atoms with van der Waals surface area (Å²) >= 11 is 0. The van der Waals surface area contributed by atoms with E-state index in [1.165, 1.54) is 0 Å². The number of hydrogen-bond donors (Lipinski definition) is 2. The maximum absolute atomic E-state index is 11.0. The molecule has 2 aromatic heterocycles. The van der Waals surface area contributed by atoms with Crippen molar-refractivity contribution in [2.45, 2.75) is 6.42 Å². The molecule has 5 nitrogen and oxygen atoms in total. The Morgan fingerprint density at radius 2 is 1.85 bits per heavy atom. The molecule has 0 atom stereocenters. The smallest absolute Gasteiger partial charge is 0.335 e. The summed E-state index contributed by atoms with van der Waals surface area (Å²) in [6, 6.07) is 18.8. The molecule has 2 heterocycles. The molecule has 0 saturated carbocycles. The largest absolute Gasteiger partial charge is 0.478 e. The zero-order valence-electron chi connectivity index (χ0n) is 14.9. The van der Waals surface area contributed by atoms with E-state index in [0.29, 0.717) is 6.61 Å². The van der Waals surface area contributed by atoms with E-state index in [-0.39, 0.29) is 5.56 Å². The zero-order valence-corrected chi connectivity index (χ0v) is 14.9. The van der Waals surface area contributed by atoms with Crippen molar-refractivity contribution in [3.8, 4) is 22.7 Å². The topological polar surface area (TPSA) is 75.5 Å². The van der Waals surface area contributed by atoms with Gasteiger partial charge < -0.3 is 19.2 Å². The van der Waals surface area contributed by atoms with Crippen LogP contribution in [0.2, 0.25) is 0 Å². The van der Waals surface area contributed by atoms with Gasteiger partial charge in [-0.25, -0.2) is 4.79 Å². The molecule has 0 aliphatic carbocycles. The molecule has 136 valence electrons. The molecule has 0 fully saturated rings. The van der Waals surface area contributed by atoms with Crippen LogP contribution in [0.4, 0.5) is 0 Å². The van der Waals surface area contributed by atoms with Crippen molar-refractivity contribution in [3.63, 3.8) is 0 Å². The number of rotatable bonds is 6. The predicted octanol–water partition coefficient (Wildman–Crippen LogP) is 4.98. The number of fused-ring (bicyclic) bond motifs is 1. The molecule has 0 aliphatic heterocycles. The number of carboxylic acid groups (broad SMARTS) is 1. The summed E-state index contributed by atoms with van der Waals surface area (Å²) in [5.74, 6) is -0.163. The molecule has 2 N–H and O–H groups in total. The van der Waals surface area contributed by atoms with Crippen LogP contribution in [0.25, 0.3) is 33.7 Å². The molecule has 27 heavy (non-hydrogen) atoms. The van der Waals surface area contributed by atoms with Crippen LogP contribution in [-0.4, -0.2) is 29.8 Å². The summed E-state index contributed by atoms with van der Waals surface area (Å²) in [4.78, 5) is 14.3. The van der Waals surface area contributed by atoms with Gasteiger partial charge in [-0.15, -0.1) is 0 Å². The minimum absolute atomic E-state index is 0.270. The van der Waals surface area contributed by atoms with Crippen molar-refractivity contribution in [2.24, 2.45) is 0 Å². The monoisotopic (exact) mass is 361 g/mol. The first-order chi connectivity index (χ1) is 13.2. The fourth-order valence-corrected chi connectivity index (χ4v) is 3.16. The average Bonchev–Trinajstić information content (AvgIpc) is 3.33. The quantitative estimate of drug-likeness (QED) is 0.508. The Morgan fingerprint density at radius 3 is 2.59 bits per heavy atom. The highest BCUT2D eigenvalue weighted by atomic mass is 16.5. The molecular formula is C22H19NO4. The Morgan fingerprint density at radius 1 is 1.07 bits per heavy atom. The molecule has 2 aromatic carbocycles. The number of aromatic nitrogens is 1. The molecule has 0 spiro atoms. The van der Waals surface area contributed by atoms with Gasteiger partial charge in [-0.05, 0) is 47.9 Å². The highest BCUT2D eigenvalue weighted by molar-refractivity contribution is 5.88. The maximum Gasteiger partial charge on any atom is 0.335 e. The van der Waals surface area contributed by atoms with Crippen LogP contribution in [0.1, 0.15) is 15.9 Å². The first-order valence-electron chi connectivity index (χ1n) is 8.69. The minimum atomic E-state index is -0.930. The fraction of sp³-hybridized carbons (Fsp3) is 0.136. The van der Waals surface area contributed by atoms with Gasteiger partial charge in [-0.3, -0.25) is 0 Å². The van der Waals surface area contributed by atoms with Crippen molar-refractivity contribution < 1.29 is 19.1 Å². The zero-order chi connectivity index (χ0) is 18.8. The molecule has 0 unspecified atom stereocenters. The first-order valence-corrected chi connectivity index (χ1v) is 8.69. The van der Waals surface area contributed by atoms with Gasteiger partial charge in [0.05, 0.1) is 17.9 Å². The van der Waals surface area contributed by atoms with Crippen molar-refractivity contribution in [1.82, 2.24) is 4.98 Å². The van der Waals surface area contributed by atoms with Crippen LogP contribution in [-0.2, 0) is 11.2 Å².